The van der Waals surface area contributed by atoms with Crippen molar-refractivity contribution < 1.29 is 9.59 Å². The van der Waals surface area contributed by atoms with E-state index in [1.165, 1.54) is 12.4 Å². The Kier molecular flexibility index (Phi) is 4.19. The largest absolute Gasteiger partial charge is 0.382 e. The molecule has 0 aromatic carbocycles. The SMILES string of the molecule is CNC(=O)C(C)(C)CNC(=O)c1cnc(N)cn1. The van der Waals surface area contributed by atoms with Crippen LogP contribution in [0.4, 0.5) is 5.82 Å². The topological polar surface area (TPSA) is 110 Å². The minimum atomic E-state index is -0.689. The second-order valence-electron chi connectivity index (χ2n) is 4.47. The fourth-order valence-electron chi connectivity index (χ4n) is 1.27. The maximum atomic E-state index is 11.7. The smallest absolute Gasteiger partial charge is 0.271 e. The van der Waals surface area contributed by atoms with E-state index in [4.69, 9.17) is 5.73 Å². The number of anilines is 1. The van der Waals surface area contributed by atoms with E-state index < -0.39 is 5.41 Å². The number of nitrogen functional groups attached to an aromatic ring is 1. The average molecular weight is 251 g/mol. The molecular formula is C11H17N5O2. The number of nitrogens with two attached hydrogens (primary N) is 1. The van der Waals surface area contributed by atoms with E-state index in [9.17, 15) is 9.59 Å². The number of hydrogen-bond acceptors (Lipinski definition) is 5. The standard InChI is InChI=1S/C11H17N5O2/c1-11(2,10(18)13-3)6-16-9(17)7-4-15-8(12)5-14-7/h4-5H,6H2,1-3H3,(H2,12,15)(H,13,18)(H,16,17). The number of nitrogens with one attached hydrogen (secondary N) is 2. The maximum absolute atomic E-state index is 11.7. The summed E-state index contributed by atoms with van der Waals surface area (Å²) in [4.78, 5) is 30.9. The molecule has 7 heteroatoms. The van der Waals surface area contributed by atoms with Gasteiger partial charge in [-0.05, 0) is 13.8 Å². The predicted molar refractivity (Wildman–Crippen MR) is 66.6 cm³/mol. The summed E-state index contributed by atoms with van der Waals surface area (Å²) >= 11 is 0. The zero-order chi connectivity index (χ0) is 13.8. The Morgan fingerprint density at radius 1 is 1.33 bits per heavy atom. The highest BCUT2D eigenvalue weighted by Gasteiger charge is 2.27. The van der Waals surface area contributed by atoms with Gasteiger partial charge in [0, 0.05) is 13.6 Å². The normalized spacial score (nSPS) is 10.8. The van der Waals surface area contributed by atoms with E-state index in [1.807, 2.05) is 0 Å². The van der Waals surface area contributed by atoms with E-state index in [-0.39, 0.29) is 29.9 Å². The van der Waals surface area contributed by atoms with Crippen molar-refractivity contribution in [2.45, 2.75) is 13.8 Å². The van der Waals surface area contributed by atoms with Crippen LogP contribution in [0.5, 0.6) is 0 Å². The van der Waals surface area contributed by atoms with E-state index in [0.717, 1.165) is 0 Å². The first kappa shape index (κ1) is 13.9. The number of carbonyl (C=O) groups is 2. The van der Waals surface area contributed by atoms with Gasteiger partial charge in [0.25, 0.3) is 5.91 Å². The van der Waals surface area contributed by atoms with E-state index in [2.05, 4.69) is 20.6 Å². The van der Waals surface area contributed by atoms with Gasteiger partial charge in [0.05, 0.1) is 17.8 Å². The number of aromatic nitrogens is 2. The summed E-state index contributed by atoms with van der Waals surface area (Å²) in [6.45, 7) is 3.68. The van der Waals surface area contributed by atoms with Crippen LogP contribution in [0.3, 0.4) is 0 Å². The first-order valence-corrected chi connectivity index (χ1v) is 5.44. The quantitative estimate of drug-likeness (QED) is 0.672. The zero-order valence-electron chi connectivity index (χ0n) is 10.7. The van der Waals surface area contributed by atoms with Crippen molar-refractivity contribution in [3.8, 4) is 0 Å². The van der Waals surface area contributed by atoms with Gasteiger partial charge in [-0.2, -0.15) is 0 Å². The molecule has 0 saturated carbocycles. The molecule has 1 aromatic heterocycles. The van der Waals surface area contributed by atoms with Gasteiger partial charge in [-0.15, -0.1) is 0 Å². The summed E-state index contributed by atoms with van der Waals surface area (Å²) in [5.41, 5.74) is 4.84. The predicted octanol–water partition coefficient (Wildman–Crippen LogP) is -0.439. The third-order valence-corrected chi connectivity index (χ3v) is 2.44. The van der Waals surface area contributed by atoms with E-state index in [0.29, 0.717) is 0 Å². The second kappa shape index (κ2) is 5.44. The van der Waals surface area contributed by atoms with Gasteiger partial charge in [-0.25, -0.2) is 9.97 Å². The summed E-state index contributed by atoms with van der Waals surface area (Å²) in [5.74, 6) is -0.289. The molecule has 0 aliphatic rings. The molecule has 1 heterocycles. The minimum absolute atomic E-state index is 0.147. The summed E-state index contributed by atoms with van der Waals surface area (Å²) < 4.78 is 0. The Morgan fingerprint density at radius 3 is 2.50 bits per heavy atom. The van der Waals surface area contributed by atoms with Gasteiger partial charge in [-0.1, -0.05) is 0 Å². The Bertz CT molecular complexity index is 441. The molecule has 98 valence electrons. The van der Waals surface area contributed by atoms with Gasteiger partial charge in [0.15, 0.2) is 0 Å². The van der Waals surface area contributed by atoms with Gasteiger partial charge < -0.3 is 16.4 Å². The molecule has 0 unspecified atom stereocenters. The lowest BCUT2D eigenvalue weighted by Crippen LogP contribution is -2.43. The summed E-state index contributed by atoms with van der Waals surface area (Å²) in [7, 11) is 1.55. The monoisotopic (exact) mass is 251 g/mol. The lowest BCUT2D eigenvalue weighted by Gasteiger charge is -2.22. The molecule has 1 rings (SSSR count). The number of carbonyl (C=O) groups excluding carboxylic acids is 2. The highest BCUT2D eigenvalue weighted by atomic mass is 16.2. The van der Waals surface area contributed by atoms with Crippen LogP contribution in [0.25, 0.3) is 0 Å². The summed E-state index contributed by atoms with van der Waals surface area (Å²) in [6.07, 6.45) is 2.59. The van der Waals surface area contributed by atoms with Crippen molar-refractivity contribution in [3.63, 3.8) is 0 Å². The molecule has 1 aromatic rings. The van der Waals surface area contributed by atoms with Crippen molar-refractivity contribution >= 4 is 17.6 Å². The van der Waals surface area contributed by atoms with Crippen LogP contribution in [0.2, 0.25) is 0 Å². The van der Waals surface area contributed by atoms with Gasteiger partial charge in [0.1, 0.15) is 11.5 Å². The van der Waals surface area contributed by atoms with Gasteiger partial charge in [-0.3, -0.25) is 9.59 Å². The Labute approximate surface area is 105 Å². The average Bonchev–Trinajstić information content (AvgIpc) is 2.35. The highest BCUT2D eigenvalue weighted by molar-refractivity contribution is 5.92. The van der Waals surface area contributed by atoms with E-state index in [1.54, 1.807) is 20.9 Å². The first-order chi connectivity index (χ1) is 8.36. The van der Waals surface area contributed by atoms with Crippen LogP contribution in [0, 0.1) is 5.41 Å². The molecule has 18 heavy (non-hydrogen) atoms. The fraction of sp³-hybridized carbons (Fsp3) is 0.455. The molecule has 7 nitrogen and oxygen atoms in total. The Balaban J connectivity index is 2.61. The van der Waals surface area contributed by atoms with Crippen molar-refractivity contribution in [2.75, 3.05) is 19.3 Å². The molecule has 0 saturated heterocycles. The number of nitrogens with zero attached hydrogens (tertiary/aromatic N) is 2. The van der Waals surface area contributed by atoms with Crippen molar-refractivity contribution in [1.29, 1.82) is 0 Å². The third kappa shape index (κ3) is 3.41. The van der Waals surface area contributed by atoms with Crippen LogP contribution in [-0.4, -0.2) is 35.4 Å². The molecular weight excluding hydrogens is 234 g/mol. The molecule has 0 bridgehead atoms. The molecule has 2 amide bonds. The fourth-order valence-corrected chi connectivity index (χ4v) is 1.27. The van der Waals surface area contributed by atoms with Crippen LogP contribution in [-0.2, 0) is 4.79 Å². The van der Waals surface area contributed by atoms with Crippen molar-refractivity contribution in [2.24, 2.45) is 5.41 Å². The Morgan fingerprint density at radius 2 is 2.00 bits per heavy atom. The van der Waals surface area contributed by atoms with Crippen LogP contribution < -0.4 is 16.4 Å². The number of rotatable bonds is 4. The van der Waals surface area contributed by atoms with Crippen LogP contribution in [0.15, 0.2) is 12.4 Å². The molecule has 0 fully saturated rings. The lowest BCUT2D eigenvalue weighted by molar-refractivity contribution is -0.128. The highest BCUT2D eigenvalue weighted by Crippen LogP contribution is 2.13. The number of amides is 2. The first-order valence-electron chi connectivity index (χ1n) is 5.44. The molecule has 0 atom stereocenters. The molecule has 0 spiro atoms. The minimum Gasteiger partial charge on any atom is -0.382 e. The summed E-state index contributed by atoms with van der Waals surface area (Å²) in [5, 5.41) is 5.17. The second-order valence-corrected chi connectivity index (χ2v) is 4.47. The molecule has 0 aliphatic carbocycles. The van der Waals surface area contributed by atoms with Crippen LogP contribution >= 0.6 is 0 Å². The zero-order valence-corrected chi connectivity index (χ0v) is 10.7. The maximum Gasteiger partial charge on any atom is 0.271 e. The Hall–Kier alpha value is -2.18. The van der Waals surface area contributed by atoms with Gasteiger partial charge in [0.2, 0.25) is 5.91 Å². The lowest BCUT2D eigenvalue weighted by atomic mass is 9.92. The van der Waals surface area contributed by atoms with Crippen molar-refractivity contribution in [1.82, 2.24) is 20.6 Å². The van der Waals surface area contributed by atoms with E-state index >= 15 is 0 Å². The summed E-state index contributed by atoms with van der Waals surface area (Å²) in [6, 6.07) is 0. The van der Waals surface area contributed by atoms with Gasteiger partial charge >= 0.3 is 0 Å². The number of hydrogen-bond donors (Lipinski definition) is 3. The molecule has 4 N–H and O–H groups in total. The third-order valence-electron chi connectivity index (χ3n) is 2.44. The van der Waals surface area contributed by atoms with Crippen molar-refractivity contribution in [3.05, 3.63) is 18.1 Å². The van der Waals surface area contributed by atoms with Crippen LogP contribution in [0.1, 0.15) is 24.3 Å². The molecule has 0 radical (unpaired) electrons. The molecule has 0 aliphatic heterocycles.